The molecule has 0 atom stereocenters. The van der Waals surface area contributed by atoms with Crippen molar-refractivity contribution in [2.45, 2.75) is 32.6 Å². The maximum absolute atomic E-state index is 12.3. The van der Waals surface area contributed by atoms with Gasteiger partial charge in [-0.1, -0.05) is 19.1 Å². The molecule has 0 aromatic heterocycles. The van der Waals surface area contributed by atoms with Crippen LogP contribution in [0, 0.1) is 5.41 Å². The van der Waals surface area contributed by atoms with E-state index in [2.05, 4.69) is 0 Å². The van der Waals surface area contributed by atoms with Crippen LogP contribution in [-0.4, -0.2) is 5.92 Å². The normalized spacial score (nSPS) is 28.4. The lowest BCUT2D eigenvalue weighted by Gasteiger charge is -2.42. The Kier molecular flexibility index (Phi) is 1.57. The van der Waals surface area contributed by atoms with Gasteiger partial charge in [0, 0.05) is 12.8 Å². The van der Waals surface area contributed by atoms with Crippen molar-refractivity contribution in [3.8, 4) is 0 Å². The van der Waals surface area contributed by atoms with Crippen molar-refractivity contribution >= 4 is 0 Å². The average molecular weight is 146 g/mol. The second kappa shape index (κ2) is 2.04. The third kappa shape index (κ3) is 1.36. The van der Waals surface area contributed by atoms with E-state index in [0.29, 0.717) is 0 Å². The summed E-state index contributed by atoms with van der Waals surface area (Å²) in [5.41, 5.74) is -0.224. The second-order valence-electron chi connectivity index (χ2n) is 3.36. The highest BCUT2D eigenvalue weighted by atomic mass is 19.3. The van der Waals surface area contributed by atoms with E-state index >= 15 is 0 Å². The predicted octanol–water partition coefficient (Wildman–Crippen LogP) is 3.00. The van der Waals surface area contributed by atoms with Gasteiger partial charge in [0.1, 0.15) is 0 Å². The molecule has 0 saturated heterocycles. The molecule has 1 fully saturated rings. The van der Waals surface area contributed by atoms with Crippen LogP contribution in [0.15, 0.2) is 12.2 Å². The molecule has 0 nitrogen and oxygen atoms in total. The molecule has 0 N–H and O–H groups in total. The molecular weight excluding hydrogens is 134 g/mol. The Morgan fingerprint density at radius 3 is 2.10 bits per heavy atom. The molecule has 0 aromatic rings. The van der Waals surface area contributed by atoms with Gasteiger partial charge >= 0.3 is 0 Å². The van der Waals surface area contributed by atoms with E-state index in [1.807, 2.05) is 26.0 Å². The van der Waals surface area contributed by atoms with Crippen LogP contribution in [0.25, 0.3) is 0 Å². The highest BCUT2D eigenvalue weighted by Crippen LogP contribution is 2.52. The van der Waals surface area contributed by atoms with Gasteiger partial charge in [-0.05, 0) is 12.3 Å². The van der Waals surface area contributed by atoms with Crippen LogP contribution in [0.4, 0.5) is 8.78 Å². The zero-order chi connectivity index (χ0) is 7.83. The largest absolute Gasteiger partial charge is 0.249 e. The molecule has 10 heavy (non-hydrogen) atoms. The van der Waals surface area contributed by atoms with Crippen molar-refractivity contribution in [2.24, 2.45) is 5.41 Å². The zero-order valence-corrected chi connectivity index (χ0v) is 6.32. The Hall–Kier alpha value is -0.400. The first kappa shape index (κ1) is 7.70. The number of alkyl halides is 2. The first-order valence-electron chi connectivity index (χ1n) is 3.49. The number of hydrogen-bond acceptors (Lipinski definition) is 0. The second-order valence-corrected chi connectivity index (χ2v) is 3.36. The van der Waals surface area contributed by atoms with E-state index in [4.69, 9.17) is 0 Å². The van der Waals surface area contributed by atoms with E-state index in [0.717, 1.165) is 0 Å². The summed E-state index contributed by atoms with van der Waals surface area (Å²) < 4.78 is 24.6. The highest BCUT2D eigenvalue weighted by molar-refractivity contribution is 5.07. The monoisotopic (exact) mass is 146 g/mol. The van der Waals surface area contributed by atoms with Crippen LogP contribution in [0.2, 0.25) is 0 Å². The smallest absolute Gasteiger partial charge is 0.207 e. The Morgan fingerprint density at radius 1 is 1.30 bits per heavy atom. The zero-order valence-electron chi connectivity index (χ0n) is 6.32. The molecule has 0 aromatic carbocycles. The summed E-state index contributed by atoms with van der Waals surface area (Å²) >= 11 is 0. The number of rotatable bonds is 1. The van der Waals surface area contributed by atoms with Gasteiger partial charge in [-0.15, -0.1) is 0 Å². The van der Waals surface area contributed by atoms with Crippen LogP contribution < -0.4 is 0 Å². The van der Waals surface area contributed by atoms with E-state index in [1.54, 1.807) is 0 Å². The molecule has 0 spiro atoms. The van der Waals surface area contributed by atoms with E-state index in [-0.39, 0.29) is 18.3 Å². The van der Waals surface area contributed by atoms with Crippen molar-refractivity contribution < 1.29 is 8.78 Å². The number of allylic oxidation sites excluding steroid dienone is 2. The lowest BCUT2D eigenvalue weighted by Crippen LogP contribution is -2.42. The van der Waals surface area contributed by atoms with Crippen LogP contribution in [0.3, 0.4) is 0 Å². The maximum atomic E-state index is 12.3. The van der Waals surface area contributed by atoms with Crippen molar-refractivity contribution in [3.05, 3.63) is 12.2 Å². The van der Waals surface area contributed by atoms with Crippen LogP contribution >= 0.6 is 0 Å². The van der Waals surface area contributed by atoms with Crippen LogP contribution in [-0.2, 0) is 0 Å². The van der Waals surface area contributed by atoms with Gasteiger partial charge in [0.15, 0.2) is 0 Å². The fourth-order valence-electron chi connectivity index (χ4n) is 1.65. The van der Waals surface area contributed by atoms with Gasteiger partial charge in [-0.2, -0.15) is 0 Å². The summed E-state index contributed by atoms with van der Waals surface area (Å²) in [6.07, 6.45) is 3.74. The lowest BCUT2D eigenvalue weighted by molar-refractivity contribution is -0.134. The SMILES string of the molecule is C/C=C\C1(C)CC(F)(F)C1. The predicted molar refractivity (Wildman–Crippen MR) is 37.1 cm³/mol. The third-order valence-corrected chi connectivity index (χ3v) is 1.89. The van der Waals surface area contributed by atoms with Gasteiger partial charge < -0.3 is 0 Å². The lowest BCUT2D eigenvalue weighted by atomic mass is 9.67. The van der Waals surface area contributed by atoms with Crippen molar-refractivity contribution in [2.75, 3.05) is 0 Å². The van der Waals surface area contributed by atoms with Crippen molar-refractivity contribution in [1.29, 1.82) is 0 Å². The van der Waals surface area contributed by atoms with Gasteiger partial charge in [-0.3, -0.25) is 0 Å². The summed E-state index contributed by atoms with van der Waals surface area (Å²) in [7, 11) is 0. The molecular formula is C8H12F2. The van der Waals surface area contributed by atoms with Crippen LogP contribution in [0.5, 0.6) is 0 Å². The fourth-order valence-corrected chi connectivity index (χ4v) is 1.65. The van der Waals surface area contributed by atoms with E-state index in [9.17, 15) is 8.78 Å². The molecule has 0 amide bonds. The van der Waals surface area contributed by atoms with Gasteiger partial charge in [0.05, 0.1) is 0 Å². The molecule has 58 valence electrons. The van der Waals surface area contributed by atoms with E-state index in [1.165, 1.54) is 0 Å². The summed E-state index contributed by atoms with van der Waals surface area (Å²) in [4.78, 5) is 0. The molecule has 0 unspecified atom stereocenters. The van der Waals surface area contributed by atoms with Crippen LogP contribution in [0.1, 0.15) is 26.7 Å². The van der Waals surface area contributed by atoms with Crippen molar-refractivity contribution in [1.82, 2.24) is 0 Å². The van der Waals surface area contributed by atoms with Gasteiger partial charge in [-0.25, -0.2) is 8.78 Å². The Morgan fingerprint density at radius 2 is 1.80 bits per heavy atom. The molecule has 0 heterocycles. The summed E-state index contributed by atoms with van der Waals surface area (Å²) in [5.74, 6) is -2.39. The topological polar surface area (TPSA) is 0 Å². The van der Waals surface area contributed by atoms with Gasteiger partial charge in [0.2, 0.25) is 5.92 Å². The Labute approximate surface area is 59.9 Å². The number of hydrogen-bond donors (Lipinski definition) is 0. The first-order valence-corrected chi connectivity index (χ1v) is 3.49. The van der Waals surface area contributed by atoms with E-state index < -0.39 is 5.92 Å². The molecule has 2 heteroatoms. The summed E-state index contributed by atoms with van der Waals surface area (Å²) in [5, 5.41) is 0. The first-order chi connectivity index (χ1) is 4.47. The average Bonchev–Trinajstić information content (AvgIpc) is 1.58. The Balaban J connectivity index is 2.49. The fraction of sp³-hybridized carbons (Fsp3) is 0.750. The third-order valence-electron chi connectivity index (χ3n) is 1.89. The molecule has 1 rings (SSSR count). The highest BCUT2D eigenvalue weighted by Gasteiger charge is 2.51. The molecule has 0 bridgehead atoms. The molecule has 1 saturated carbocycles. The standard InChI is InChI=1S/C8H12F2/c1-3-4-7(2)5-8(9,10)6-7/h3-4H,5-6H2,1-2H3/b4-3-. The minimum absolute atomic E-state index is 0.0182. The quantitative estimate of drug-likeness (QED) is 0.499. The summed E-state index contributed by atoms with van der Waals surface area (Å²) in [6, 6.07) is 0. The minimum Gasteiger partial charge on any atom is -0.207 e. The summed E-state index contributed by atoms with van der Waals surface area (Å²) in [6.45, 7) is 3.73. The van der Waals surface area contributed by atoms with Gasteiger partial charge in [0.25, 0.3) is 0 Å². The van der Waals surface area contributed by atoms with Crippen molar-refractivity contribution in [3.63, 3.8) is 0 Å². The maximum Gasteiger partial charge on any atom is 0.249 e. The Bertz CT molecular complexity index is 151. The number of halogens is 2. The molecule has 0 aliphatic heterocycles. The molecule has 1 aliphatic rings. The molecule has 1 aliphatic carbocycles. The molecule has 0 radical (unpaired) electrons. The minimum atomic E-state index is -2.39.